The highest BCUT2D eigenvalue weighted by atomic mass is 35.5. The molecule has 4 rings (SSSR count). The summed E-state index contributed by atoms with van der Waals surface area (Å²) >= 11 is 6.13. The number of nitrogens with one attached hydrogen (secondary N) is 1. The van der Waals surface area contributed by atoms with Gasteiger partial charge in [-0.2, -0.15) is 0 Å². The van der Waals surface area contributed by atoms with Crippen molar-refractivity contribution in [2.75, 3.05) is 18.4 Å². The zero-order valence-corrected chi connectivity index (χ0v) is 20.2. The number of benzene rings is 1. The Labute approximate surface area is 203 Å². The second-order valence-electron chi connectivity index (χ2n) is 9.29. The third-order valence-electron chi connectivity index (χ3n) is 5.69. The Kier molecular flexibility index (Phi) is 6.65. The molecule has 1 N–H and O–H groups in total. The second-order valence-corrected chi connectivity index (χ2v) is 9.70. The summed E-state index contributed by atoms with van der Waals surface area (Å²) < 4.78 is 7.22. The van der Waals surface area contributed by atoms with Crippen molar-refractivity contribution in [1.29, 1.82) is 0 Å². The Morgan fingerprint density at radius 1 is 1.18 bits per heavy atom. The van der Waals surface area contributed by atoms with E-state index in [1.54, 1.807) is 40.1 Å². The number of ether oxygens (including phenoxy) is 1. The molecule has 0 bridgehead atoms. The van der Waals surface area contributed by atoms with Crippen molar-refractivity contribution in [2.24, 2.45) is 0 Å². The molecule has 3 heterocycles. The number of fused-ring (bicyclic) bond motifs is 1. The number of likely N-dealkylation sites (tertiary alicyclic amines) is 1. The number of anilines is 1. The first-order chi connectivity index (χ1) is 16.1. The number of hydrogen-bond donors (Lipinski definition) is 1. The van der Waals surface area contributed by atoms with E-state index in [1.807, 2.05) is 25.3 Å². The zero-order chi connectivity index (χ0) is 24.5. The first kappa shape index (κ1) is 23.8. The molecule has 2 aromatic rings. The Morgan fingerprint density at radius 3 is 2.62 bits per heavy atom. The van der Waals surface area contributed by atoms with Crippen LogP contribution in [0.3, 0.4) is 0 Å². The molecule has 2 aliphatic heterocycles. The van der Waals surface area contributed by atoms with E-state index >= 15 is 0 Å². The van der Waals surface area contributed by atoms with E-state index in [0.29, 0.717) is 48.4 Å². The third kappa shape index (κ3) is 5.25. The molecule has 34 heavy (non-hydrogen) atoms. The molecule has 1 unspecified atom stereocenters. The van der Waals surface area contributed by atoms with Crippen molar-refractivity contribution in [3.8, 4) is 0 Å². The Morgan fingerprint density at radius 2 is 1.94 bits per heavy atom. The molecule has 180 valence electrons. The van der Waals surface area contributed by atoms with E-state index in [1.165, 1.54) is 12.3 Å². The minimum Gasteiger partial charge on any atom is -0.444 e. The molecule has 1 aromatic carbocycles. The summed E-state index contributed by atoms with van der Waals surface area (Å²) in [5.74, 6) is 0.169. The number of rotatable bonds is 4. The summed E-state index contributed by atoms with van der Waals surface area (Å²) in [6, 6.07) is 6.87. The lowest BCUT2D eigenvalue weighted by Crippen LogP contribution is -2.51. The normalized spacial score (nSPS) is 17.8. The van der Waals surface area contributed by atoms with Crippen LogP contribution < -0.4 is 5.32 Å². The monoisotopic (exact) mass is 485 g/mol. The molecule has 1 saturated heterocycles. The van der Waals surface area contributed by atoms with Crippen molar-refractivity contribution in [3.63, 3.8) is 0 Å². The average Bonchev–Trinajstić information content (AvgIpc) is 3.16. The van der Waals surface area contributed by atoms with Crippen molar-refractivity contribution in [3.05, 3.63) is 59.2 Å². The van der Waals surface area contributed by atoms with Gasteiger partial charge in [0, 0.05) is 25.7 Å². The highest BCUT2D eigenvalue weighted by Crippen LogP contribution is 2.24. The van der Waals surface area contributed by atoms with Gasteiger partial charge in [-0.3, -0.25) is 9.59 Å². The number of halogens is 1. The summed E-state index contributed by atoms with van der Waals surface area (Å²) in [7, 11) is 0. The number of carbonyl (C=O) groups excluding carboxylic acids is 3. The minimum atomic E-state index is -0.560. The van der Waals surface area contributed by atoms with Gasteiger partial charge in [0.25, 0.3) is 5.91 Å². The Hall–Kier alpha value is -3.33. The molecular formula is C24H28ClN5O4. The van der Waals surface area contributed by atoms with Crippen LogP contribution in [0, 0.1) is 0 Å². The van der Waals surface area contributed by atoms with Crippen LogP contribution in [0.1, 0.15) is 43.5 Å². The highest BCUT2D eigenvalue weighted by Gasteiger charge is 2.34. The molecule has 3 amide bonds. The molecule has 1 atom stereocenters. The molecule has 1 aromatic heterocycles. The van der Waals surface area contributed by atoms with Crippen molar-refractivity contribution >= 4 is 35.2 Å². The van der Waals surface area contributed by atoms with E-state index in [2.05, 4.69) is 10.3 Å². The fourth-order valence-corrected chi connectivity index (χ4v) is 4.01. The van der Waals surface area contributed by atoms with Crippen LogP contribution in [0.25, 0.3) is 0 Å². The molecule has 0 radical (unpaired) electrons. The van der Waals surface area contributed by atoms with Crippen molar-refractivity contribution in [1.82, 2.24) is 19.4 Å². The molecule has 10 heteroatoms. The number of para-hydroxylation sites is 1. The molecule has 2 aliphatic rings. The molecule has 0 spiro atoms. The number of carbonyl (C=O) groups is 3. The van der Waals surface area contributed by atoms with Crippen LogP contribution >= 0.6 is 11.6 Å². The van der Waals surface area contributed by atoms with E-state index in [9.17, 15) is 14.4 Å². The molecule has 0 saturated carbocycles. The van der Waals surface area contributed by atoms with Gasteiger partial charge in [0.15, 0.2) is 0 Å². The number of hydrogen-bond acceptors (Lipinski definition) is 5. The van der Waals surface area contributed by atoms with E-state index < -0.39 is 5.60 Å². The second kappa shape index (κ2) is 9.50. The van der Waals surface area contributed by atoms with Crippen molar-refractivity contribution < 1.29 is 19.1 Å². The number of aromatic nitrogens is 2. The van der Waals surface area contributed by atoms with Gasteiger partial charge >= 0.3 is 6.09 Å². The van der Waals surface area contributed by atoms with Crippen LogP contribution in [0.2, 0.25) is 5.02 Å². The fraction of sp³-hybridized carbons (Fsp3) is 0.417. The lowest BCUT2D eigenvalue weighted by atomic mass is 10.0. The summed E-state index contributed by atoms with van der Waals surface area (Å²) in [5, 5.41) is 3.26. The predicted octanol–water partition coefficient (Wildman–Crippen LogP) is 3.70. The molecule has 0 aliphatic carbocycles. The number of nitrogens with zero attached hydrogens (tertiary/aromatic N) is 4. The van der Waals surface area contributed by atoms with E-state index in [4.69, 9.17) is 16.3 Å². The zero-order valence-electron chi connectivity index (χ0n) is 19.5. The van der Waals surface area contributed by atoms with Crippen LogP contribution in [0.4, 0.5) is 10.5 Å². The quantitative estimate of drug-likeness (QED) is 0.666. The summed E-state index contributed by atoms with van der Waals surface area (Å²) in [5.41, 5.74) is 0.384. The standard InChI is InChI=1S/C24H28ClN5O4/c1-24(2,3)34-23(33)29-11-10-16(29)8-9-21(31)28-12-13-30-19(14-26-20(30)15-28)22(32)27-18-7-5-4-6-17(18)25/h4-9,14,16H,10-13,15H2,1-3H3,(H,27,32)/b9-8+. The average molecular weight is 486 g/mol. The van der Waals surface area contributed by atoms with Gasteiger partial charge in [0.1, 0.15) is 17.1 Å². The van der Waals surface area contributed by atoms with Crippen molar-refractivity contribution in [2.45, 2.75) is 51.9 Å². The van der Waals surface area contributed by atoms with Crippen LogP contribution in [-0.4, -0.2) is 62.0 Å². The highest BCUT2D eigenvalue weighted by molar-refractivity contribution is 6.33. The fourth-order valence-electron chi connectivity index (χ4n) is 3.83. The van der Waals surface area contributed by atoms with E-state index in [-0.39, 0.29) is 23.9 Å². The molecular weight excluding hydrogens is 458 g/mol. The Bertz CT molecular complexity index is 1140. The lowest BCUT2D eigenvalue weighted by Gasteiger charge is -2.39. The SMILES string of the molecule is CC(C)(C)OC(=O)N1CCC1/C=C/C(=O)N1CCn2c(C(=O)Nc3ccccc3Cl)cnc2C1. The van der Waals surface area contributed by atoms with Crippen LogP contribution in [0.5, 0.6) is 0 Å². The largest absolute Gasteiger partial charge is 0.444 e. The predicted molar refractivity (Wildman–Crippen MR) is 128 cm³/mol. The minimum absolute atomic E-state index is 0.148. The van der Waals surface area contributed by atoms with Gasteiger partial charge in [-0.1, -0.05) is 29.8 Å². The maximum Gasteiger partial charge on any atom is 0.410 e. The maximum absolute atomic E-state index is 12.8. The summed E-state index contributed by atoms with van der Waals surface area (Å²) in [6.07, 6.45) is 5.18. The molecule has 1 fully saturated rings. The summed E-state index contributed by atoms with van der Waals surface area (Å²) in [4.78, 5) is 45.4. The van der Waals surface area contributed by atoms with Gasteiger partial charge in [-0.15, -0.1) is 0 Å². The van der Waals surface area contributed by atoms with Crippen LogP contribution in [-0.2, 0) is 22.6 Å². The maximum atomic E-state index is 12.8. The van der Waals surface area contributed by atoms with Gasteiger partial charge in [-0.05, 0) is 39.3 Å². The Balaban J connectivity index is 1.35. The van der Waals surface area contributed by atoms with Gasteiger partial charge < -0.3 is 24.4 Å². The van der Waals surface area contributed by atoms with Crippen LogP contribution in [0.15, 0.2) is 42.6 Å². The first-order valence-corrected chi connectivity index (χ1v) is 11.6. The smallest absolute Gasteiger partial charge is 0.410 e. The van der Waals surface area contributed by atoms with Gasteiger partial charge in [0.05, 0.1) is 29.5 Å². The van der Waals surface area contributed by atoms with Gasteiger partial charge in [0.2, 0.25) is 5.91 Å². The van der Waals surface area contributed by atoms with E-state index in [0.717, 1.165) is 6.42 Å². The number of imidazole rings is 1. The lowest BCUT2D eigenvalue weighted by molar-refractivity contribution is -0.127. The number of amides is 3. The summed E-state index contributed by atoms with van der Waals surface area (Å²) in [6.45, 7) is 7.27. The topological polar surface area (TPSA) is 96.8 Å². The third-order valence-corrected chi connectivity index (χ3v) is 6.02. The first-order valence-electron chi connectivity index (χ1n) is 11.2. The van der Waals surface area contributed by atoms with Gasteiger partial charge in [-0.25, -0.2) is 9.78 Å². The molecule has 9 nitrogen and oxygen atoms in total.